The van der Waals surface area contributed by atoms with Crippen molar-refractivity contribution in [2.24, 2.45) is 0 Å². The normalized spacial score (nSPS) is 9.94. The number of phosphoric acid groups is 1. The molecule has 8 nitrogen and oxygen atoms in total. The van der Waals surface area contributed by atoms with Crippen molar-refractivity contribution in [1.29, 1.82) is 0 Å². The van der Waals surface area contributed by atoms with E-state index in [1.165, 1.54) is 6.92 Å². The highest BCUT2D eigenvalue weighted by Gasteiger charge is 2.10. The summed E-state index contributed by atoms with van der Waals surface area (Å²) in [7, 11) is -4.17. The molecule has 0 aliphatic rings. The van der Waals surface area contributed by atoms with Crippen molar-refractivity contribution in [3.63, 3.8) is 0 Å². The van der Waals surface area contributed by atoms with E-state index in [1.807, 2.05) is 0 Å². The van der Waals surface area contributed by atoms with Gasteiger partial charge in [-0.05, 0) is 6.92 Å². The van der Waals surface area contributed by atoms with Crippen LogP contribution < -0.4 is 0 Å². The van der Waals surface area contributed by atoms with Gasteiger partial charge in [0.2, 0.25) is 0 Å². The van der Waals surface area contributed by atoms with Crippen LogP contribution in [0.3, 0.4) is 0 Å². The molecule has 0 aliphatic heterocycles. The first-order valence-corrected chi connectivity index (χ1v) is 5.46. The summed E-state index contributed by atoms with van der Waals surface area (Å²) >= 11 is 0. The number of rotatable bonds is 5. The smallest absolute Gasteiger partial charge is 0.469 e. The van der Waals surface area contributed by atoms with Crippen LogP contribution in [-0.4, -0.2) is 38.5 Å². The fraction of sp³-hybridized carbons (Fsp3) is 0.429. The second kappa shape index (κ2) is 8.00. The largest absolute Gasteiger partial charge is 0.481 e. The molecule has 0 amide bonds. The van der Waals surface area contributed by atoms with E-state index in [-0.39, 0.29) is 12.2 Å². The standard InChI is InChI=1S/C5H6O4.C2H7O4P/c1-3(5(8)9)2-4(6)7;1-2-6-7(3,4)5/h1-2H2,(H,6,7)(H,8,9);2H2,1H3,(H2,3,4,5). The summed E-state index contributed by atoms with van der Waals surface area (Å²) in [6.07, 6.45) is -0.505. The molecule has 0 heterocycles. The third-order valence-corrected chi connectivity index (χ3v) is 1.56. The van der Waals surface area contributed by atoms with E-state index in [9.17, 15) is 14.2 Å². The first kappa shape index (κ1) is 17.2. The molecule has 0 saturated heterocycles. The molecule has 0 fully saturated rings. The van der Waals surface area contributed by atoms with Gasteiger partial charge in [-0.2, -0.15) is 0 Å². The lowest BCUT2D eigenvalue weighted by Crippen LogP contribution is -2.04. The maximum atomic E-state index is 9.87. The molecule has 0 saturated carbocycles. The predicted octanol–water partition coefficient (Wildman–Crippen LogP) is 0.217. The van der Waals surface area contributed by atoms with Crippen LogP contribution in [0, 0.1) is 0 Å². The number of carbonyl (C=O) groups is 2. The second-order valence-electron chi connectivity index (χ2n) is 2.39. The number of hydrogen-bond acceptors (Lipinski definition) is 4. The number of hydrogen-bond donors (Lipinski definition) is 4. The van der Waals surface area contributed by atoms with Gasteiger partial charge in [-0.15, -0.1) is 0 Å². The highest BCUT2D eigenvalue weighted by atomic mass is 31.2. The molecule has 94 valence electrons. The van der Waals surface area contributed by atoms with E-state index in [0.29, 0.717) is 0 Å². The Morgan fingerprint density at radius 2 is 1.75 bits per heavy atom. The van der Waals surface area contributed by atoms with Gasteiger partial charge >= 0.3 is 19.8 Å². The molecule has 0 unspecified atom stereocenters. The Morgan fingerprint density at radius 1 is 1.31 bits per heavy atom. The zero-order valence-corrected chi connectivity index (χ0v) is 9.38. The third-order valence-electron chi connectivity index (χ3n) is 0.964. The third kappa shape index (κ3) is 15.3. The number of carboxylic acid groups (broad SMARTS) is 2. The van der Waals surface area contributed by atoms with Crippen LogP contribution in [-0.2, 0) is 18.7 Å². The summed E-state index contributed by atoms with van der Waals surface area (Å²) in [5.74, 6) is -2.44. The minimum Gasteiger partial charge on any atom is -0.481 e. The van der Waals surface area contributed by atoms with Crippen molar-refractivity contribution in [2.45, 2.75) is 13.3 Å². The molecule has 0 spiro atoms. The molecule has 0 atom stereocenters. The molecule has 16 heavy (non-hydrogen) atoms. The molecule has 4 N–H and O–H groups in total. The van der Waals surface area contributed by atoms with E-state index in [0.717, 1.165) is 0 Å². The molecule has 9 heteroatoms. The molecule has 0 rings (SSSR count). The zero-order valence-electron chi connectivity index (χ0n) is 8.49. The predicted molar refractivity (Wildman–Crippen MR) is 52.7 cm³/mol. The molecule has 0 aromatic rings. The lowest BCUT2D eigenvalue weighted by atomic mass is 10.2. The lowest BCUT2D eigenvalue weighted by Gasteiger charge is -1.98. The van der Waals surface area contributed by atoms with Crippen molar-refractivity contribution >= 4 is 19.8 Å². The van der Waals surface area contributed by atoms with Crippen LogP contribution >= 0.6 is 7.82 Å². The van der Waals surface area contributed by atoms with Crippen molar-refractivity contribution < 1.29 is 38.7 Å². The van der Waals surface area contributed by atoms with E-state index >= 15 is 0 Å². The molecule has 0 radical (unpaired) electrons. The van der Waals surface area contributed by atoms with Gasteiger partial charge in [0.05, 0.1) is 13.0 Å². The number of carboxylic acids is 2. The van der Waals surface area contributed by atoms with E-state index in [2.05, 4.69) is 11.1 Å². The van der Waals surface area contributed by atoms with Gasteiger partial charge in [-0.25, -0.2) is 9.36 Å². The molecule has 0 bridgehead atoms. The summed E-state index contributed by atoms with van der Waals surface area (Å²) in [6.45, 7) is 4.57. The Bertz CT molecular complexity index is 304. The van der Waals surface area contributed by atoms with E-state index in [4.69, 9.17) is 20.0 Å². The summed E-state index contributed by atoms with van der Waals surface area (Å²) in [5, 5.41) is 16.1. The van der Waals surface area contributed by atoms with Crippen molar-refractivity contribution in [2.75, 3.05) is 6.61 Å². The molecule has 0 aliphatic carbocycles. The fourth-order valence-corrected chi connectivity index (χ4v) is 0.763. The van der Waals surface area contributed by atoms with E-state index < -0.39 is 26.2 Å². The maximum absolute atomic E-state index is 9.87. The average molecular weight is 256 g/mol. The van der Waals surface area contributed by atoms with Crippen molar-refractivity contribution in [1.82, 2.24) is 0 Å². The Kier molecular flexibility index (Phi) is 8.60. The first-order valence-electron chi connectivity index (χ1n) is 3.93. The lowest BCUT2D eigenvalue weighted by molar-refractivity contribution is -0.139. The van der Waals surface area contributed by atoms with Crippen LogP contribution in [0.5, 0.6) is 0 Å². The van der Waals surface area contributed by atoms with Crippen molar-refractivity contribution in [3.8, 4) is 0 Å². The summed E-state index contributed by atoms with van der Waals surface area (Å²) in [5.41, 5.74) is -0.303. The first-order chi connectivity index (χ1) is 7.10. The maximum Gasteiger partial charge on any atom is 0.469 e. The Hall–Kier alpha value is -1.21. The van der Waals surface area contributed by atoms with Gasteiger partial charge in [0.1, 0.15) is 0 Å². The van der Waals surface area contributed by atoms with Gasteiger partial charge in [-0.3, -0.25) is 9.32 Å². The SMILES string of the molecule is C=C(CC(=O)O)C(=O)O.CCOP(=O)(O)O. The highest BCUT2D eigenvalue weighted by Crippen LogP contribution is 2.34. The molecule has 0 aromatic carbocycles. The summed E-state index contributed by atoms with van der Waals surface area (Å²) in [4.78, 5) is 35.5. The summed E-state index contributed by atoms with van der Waals surface area (Å²) < 4.78 is 13.6. The Labute approximate surface area is 91.4 Å². The summed E-state index contributed by atoms with van der Waals surface area (Å²) in [6, 6.07) is 0. The Balaban J connectivity index is 0. The quantitative estimate of drug-likeness (QED) is 0.404. The van der Waals surface area contributed by atoms with Crippen LogP contribution in [0.1, 0.15) is 13.3 Å². The van der Waals surface area contributed by atoms with Gasteiger partial charge < -0.3 is 20.0 Å². The molecular formula is C7H13O8P. The van der Waals surface area contributed by atoms with Crippen LogP contribution in [0.4, 0.5) is 0 Å². The number of aliphatic carboxylic acids is 2. The molecule has 0 aromatic heterocycles. The average Bonchev–Trinajstić information content (AvgIpc) is 2.01. The fourth-order valence-electron chi connectivity index (χ4n) is 0.426. The van der Waals surface area contributed by atoms with Gasteiger partial charge in [0.25, 0.3) is 0 Å². The minimum absolute atomic E-state index is 0.0459. The highest BCUT2D eigenvalue weighted by molar-refractivity contribution is 7.46. The van der Waals surface area contributed by atoms with Gasteiger partial charge in [0, 0.05) is 5.57 Å². The van der Waals surface area contributed by atoms with E-state index in [1.54, 1.807) is 0 Å². The second-order valence-corrected chi connectivity index (χ2v) is 3.63. The van der Waals surface area contributed by atoms with Crippen LogP contribution in [0.15, 0.2) is 12.2 Å². The van der Waals surface area contributed by atoms with Gasteiger partial charge in [-0.1, -0.05) is 6.58 Å². The minimum atomic E-state index is -4.17. The number of phosphoric ester groups is 1. The topological polar surface area (TPSA) is 141 Å². The van der Waals surface area contributed by atoms with Gasteiger partial charge in [0.15, 0.2) is 0 Å². The Morgan fingerprint density at radius 3 is 1.81 bits per heavy atom. The van der Waals surface area contributed by atoms with Crippen molar-refractivity contribution in [3.05, 3.63) is 12.2 Å². The van der Waals surface area contributed by atoms with Crippen LogP contribution in [0.25, 0.3) is 0 Å². The zero-order chi connectivity index (χ0) is 13.4. The van der Waals surface area contributed by atoms with Crippen LogP contribution in [0.2, 0.25) is 0 Å². The monoisotopic (exact) mass is 256 g/mol. The molecular weight excluding hydrogens is 243 g/mol.